The summed E-state index contributed by atoms with van der Waals surface area (Å²) in [5.74, 6) is 0.633. The highest BCUT2D eigenvalue weighted by molar-refractivity contribution is 5.35. The van der Waals surface area contributed by atoms with E-state index in [-0.39, 0.29) is 5.82 Å². The molecule has 2 rings (SSSR count). The molecule has 0 atom stereocenters. The lowest BCUT2D eigenvalue weighted by Gasteiger charge is -2.22. The molecule has 1 N–H and O–H groups in total. The van der Waals surface area contributed by atoms with Gasteiger partial charge >= 0.3 is 0 Å². The largest absolute Gasteiger partial charge is 0.381 e. The quantitative estimate of drug-likeness (QED) is 0.829. The lowest BCUT2D eigenvalue weighted by atomic mass is 10.0. The number of nitrogens with one attached hydrogen (secondary N) is 1. The van der Waals surface area contributed by atoms with Crippen molar-refractivity contribution in [1.29, 1.82) is 0 Å². The Morgan fingerprint density at radius 1 is 1.47 bits per heavy atom. The molecule has 1 saturated heterocycles. The first kappa shape index (κ1) is 10.4. The molecule has 0 spiro atoms. The van der Waals surface area contributed by atoms with E-state index in [1.807, 2.05) is 0 Å². The lowest BCUT2D eigenvalue weighted by Crippen LogP contribution is -2.23. The Bertz CT molecular complexity index is 313. The predicted molar refractivity (Wildman–Crippen MR) is 56.2 cm³/mol. The zero-order valence-electron chi connectivity index (χ0n) is 8.58. The number of rotatable bonds is 3. The fourth-order valence-corrected chi connectivity index (χ4v) is 1.71. The van der Waals surface area contributed by atoms with Crippen LogP contribution < -0.4 is 5.32 Å². The summed E-state index contributed by atoms with van der Waals surface area (Å²) < 4.78 is 18.5. The summed E-state index contributed by atoms with van der Waals surface area (Å²) >= 11 is 0. The highest BCUT2D eigenvalue weighted by Gasteiger charge is 2.14. The van der Waals surface area contributed by atoms with Crippen molar-refractivity contribution in [2.24, 2.45) is 5.92 Å². The maximum atomic E-state index is 13.2. The van der Waals surface area contributed by atoms with E-state index in [2.05, 4.69) is 10.3 Å². The molecule has 1 aromatic rings. The van der Waals surface area contributed by atoms with Gasteiger partial charge in [-0.1, -0.05) is 0 Å². The van der Waals surface area contributed by atoms with Crippen LogP contribution in [0.15, 0.2) is 18.3 Å². The maximum Gasteiger partial charge on any atom is 0.165 e. The van der Waals surface area contributed by atoms with Crippen LogP contribution in [0, 0.1) is 11.7 Å². The molecule has 0 amide bonds. The second-order valence-electron chi connectivity index (χ2n) is 3.77. The van der Waals surface area contributed by atoms with Gasteiger partial charge in [0.05, 0.1) is 0 Å². The van der Waals surface area contributed by atoms with Crippen molar-refractivity contribution in [3.8, 4) is 0 Å². The first-order chi connectivity index (χ1) is 7.36. The minimum absolute atomic E-state index is 0.287. The zero-order valence-corrected chi connectivity index (χ0v) is 8.58. The fourth-order valence-electron chi connectivity index (χ4n) is 1.71. The highest BCUT2D eigenvalue weighted by atomic mass is 19.1. The number of pyridine rings is 1. The van der Waals surface area contributed by atoms with Crippen LogP contribution in [0.5, 0.6) is 0 Å². The van der Waals surface area contributed by atoms with E-state index in [0.717, 1.165) is 32.6 Å². The molecule has 0 unspecified atom stereocenters. The van der Waals surface area contributed by atoms with Crippen LogP contribution in [0.25, 0.3) is 0 Å². The second kappa shape index (κ2) is 5.07. The molecule has 0 aliphatic carbocycles. The topological polar surface area (TPSA) is 34.2 Å². The first-order valence-electron chi connectivity index (χ1n) is 5.28. The number of halogens is 1. The summed E-state index contributed by atoms with van der Waals surface area (Å²) in [6.45, 7) is 2.41. The molecule has 15 heavy (non-hydrogen) atoms. The Morgan fingerprint density at radius 2 is 2.27 bits per heavy atom. The summed E-state index contributed by atoms with van der Waals surface area (Å²) in [5.41, 5.74) is 0. The number of aromatic nitrogens is 1. The molecular weight excluding hydrogens is 195 g/mol. The normalized spacial score (nSPS) is 17.7. The van der Waals surface area contributed by atoms with E-state index in [0.29, 0.717) is 11.7 Å². The summed E-state index contributed by atoms with van der Waals surface area (Å²) in [6, 6.07) is 3.01. The van der Waals surface area contributed by atoms with Gasteiger partial charge < -0.3 is 10.1 Å². The van der Waals surface area contributed by atoms with Crippen molar-refractivity contribution < 1.29 is 9.13 Å². The Balaban J connectivity index is 1.84. The van der Waals surface area contributed by atoms with Gasteiger partial charge in [-0.2, -0.15) is 0 Å². The highest BCUT2D eigenvalue weighted by Crippen LogP contribution is 2.16. The fraction of sp³-hybridized carbons (Fsp3) is 0.545. The monoisotopic (exact) mass is 210 g/mol. The van der Waals surface area contributed by atoms with Crippen LogP contribution in [0.1, 0.15) is 12.8 Å². The van der Waals surface area contributed by atoms with Crippen LogP contribution >= 0.6 is 0 Å². The minimum Gasteiger partial charge on any atom is -0.381 e. The molecule has 0 aromatic carbocycles. The van der Waals surface area contributed by atoms with Gasteiger partial charge in [-0.15, -0.1) is 0 Å². The molecule has 0 saturated carbocycles. The van der Waals surface area contributed by atoms with Gasteiger partial charge in [0.25, 0.3) is 0 Å². The van der Waals surface area contributed by atoms with E-state index in [9.17, 15) is 4.39 Å². The van der Waals surface area contributed by atoms with Crippen molar-refractivity contribution in [3.63, 3.8) is 0 Å². The molecule has 3 nitrogen and oxygen atoms in total. The summed E-state index contributed by atoms with van der Waals surface area (Å²) in [6.07, 6.45) is 3.68. The lowest BCUT2D eigenvalue weighted by molar-refractivity contribution is 0.0699. The van der Waals surface area contributed by atoms with Gasteiger partial charge in [-0.25, -0.2) is 9.37 Å². The van der Waals surface area contributed by atoms with E-state index >= 15 is 0 Å². The summed E-state index contributed by atoms with van der Waals surface area (Å²) in [4.78, 5) is 3.95. The number of nitrogens with zero attached hydrogens (tertiary/aromatic N) is 1. The predicted octanol–water partition coefficient (Wildman–Crippen LogP) is 2.06. The SMILES string of the molecule is Fc1cccnc1NCC1CCOCC1. The van der Waals surface area contributed by atoms with Gasteiger partial charge in [-0.05, 0) is 30.9 Å². The van der Waals surface area contributed by atoms with Gasteiger partial charge in [0.2, 0.25) is 0 Å². The third kappa shape index (κ3) is 2.89. The van der Waals surface area contributed by atoms with E-state index in [4.69, 9.17) is 4.74 Å². The van der Waals surface area contributed by atoms with Crippen molar-refractivity contribution >= 4 is 5.82 Å². The molecule has 1 fully saturated rings. The molecular formula is C11H15FN2O. The number of anilines is 1. The Hall–Kier alpha value is -1.16. The summed E-state index contributed by atoms with van der Waals surface area (Å²) in [7, 11) is 0. The van der Waals surface area contributed by atoms with Crippen molar-refractivity contribution in [1.82, 2.24) is 4.98 Å². The molecule has 0 bridgehead atoms. The molecule has 2 heterocycles. The van der Waals surface area contributed by atoms with Gasteiger partial charge in [0, 0.05) is 26.0 Å². The Kier molecular flexibility index (Phi) is 3.50. The smallest absolute Gasteiger partial charge is 0.165 e. The van der Waals surface area contributed by atoms with Gasteiger partial charge in [-0.3, -0.25) is 0 Å². The molecule has 1 aromatic heterocycles. The van der Waals surface area contributed by atoms with Crippen LogP contribution in [0.3, 0.4) is 0 Å². The van der Waals surface area contributed by atoms with E-state index in [1.54, 1.807) is 12.3 Å². The van der Waals surface area contributed by atoms with E-state index < -0.39 is 0 Å². The third-order valence-electron chi connectivity index (χ3n) is 2.66. The zero-order chi connectivity index (χ0) is 10.5. The first-order valence-corrected chi connectivity index (χ1v) is 5.28. The van der Waals surface area contributed by atoms with Crippen LogP contribution in [0.4, 0.5) is 10.2 Å². The summed E-state index contributed by atoms with van der Waals surface area (Å²) in [5, 5.41) is 3.04. The Labute approximate surface area is 88.7 Å². The maximum absolute atomic E-state index is 13.2. The number of hydrogen-bond donors (Lipinski definition) is 1. The molecule has 82 valence electrons. The molecule has 0 radical (unpaired) electrons. The third-order valence-corrected chi connectivity index (χ3v) is 2.66. The standard InChI is InChI=1S/C11H15FN2O/c12-10-2-1-5-13-11(10)14-8-9-3-6-15-7-4-9/h1-2,5,9H,3-4,6-8H2,(H,13,14). The van der Waals surface area contributed by atoms with Crippen molar-refractivity contribution in [2.45, 2.75) is 12.8 Å². The average molecular weight is 210 g/mol. The average Bonchev–Trinajstić information content (AvgIpc) is 2.29. The minimum atomic E-state index is -0.287. The van der Waals surface area contributed by atoms with Crippen molar-refractivity contribution in [3.05, 3.63) is 24.1 Å². The second-order valence-corrected chi connectivity index (χ2v) is 3.77. The van der Waals surface area contributed by atoms with E-state index in [1.165, 1.54) is 6.07 Å². The van der Waals surface area contributed by atoms with Crippen LogP contribution in [0.2, 0.25) is 0 Å². The molecule has 1 aliphatic rings. The van der Waals surface area contributed by atoms with Crippen molar-refractivity contribution in [2.75, 3.05) is 25.1 Å². The van der Waals surface area contributed by atoms with Crippen LogP contribution in [-0.2, 0) is 4.74 Å². The number of ether oxygens (including phenoxy) is 1. The molecule has 1 aliphatic heterocycles. The van der Waals surface area contributed by atoms with Crippen LogP contribution in [-0.4, -0.2) is 24.7 Å². The Morgan fingerprint density at radius 3 is 3.00 bits per heavy atom. The van der Waals surface area contributed by atoms with Gasteiger partial charge in [0.1, 0.15) is 0 Å². The van der Waals surface area contributed by atoms with Gasteiger partial charge in [0.15, 0.2) is 11.6 Å². The number of hydrogen-bond acceptors (Lipinski definition) is 3. The molecule has 4 heteroatoms.